The smallest absolute Gasteiger partial charge is 0.232 e. The Kier molecular flexibility index (Phi) is 6.91. The number of carbonyl (C=O) groups excluding carboxylic acids is 1. The molecule has 2 rings (SSSR count). The molecule has 25 heavy (non-hydrogen) atoms. The molecule has 0 aliphatic carbocycles. The number of nitriles is 1. The molecule has 0 aromatic heterocycles. The lowest BCUT2D eigenvalue weighted by Gasteiger charge is -2.30. The van der Waals surface area contributed by atoms with Gasteiger partial charge in [0.25, 0.3) is 0 Å². The molecule has 0 saturated carbocycles. The molecule has 136 valence electrons. The summed E-state index contributed by atoms with van der Waals surface area (Å²) in [6.45, 7) is 4.63. The van der Waals surface area contributed by atoms with E-state index in [1.807, 2.05) is 32.0 Å². The molecule has 1 aliphatic rings. The van der Waals surface area contributed by atoms with Gasteiger partial charge in [0.1, 0.15) is 0 Å². The largest absolute Gasteiger partial charge is 0.338 e. The second-order valence-electron chi connectivity index (χ2n) is 6.76. The summed E-state index contributed by atoms with van der Waals surface area (Å²) >= 11 is 1.47. The highest BCUT2D eigenvalue weighted by molar-refractivity contribution is 7.99. The lowest BCUT2D eigenvalue weighted by atomic mass is 10.1. The molecule has 1 fully saturated rings. The minimum absolute atomic E-state index is 0.0183. The third-order valence-corrected chi connectivity index (χ3v) is 6.87. The van der Waals surface area contributed by atoms with Gasteiger partial charge in [-0.3, -0.25) is 4.79 Å². The van der Waals surface area contributed by atoms with E-state index in [-0.39, 0.29) is 29.4 Å². The highest BCUT2D eigenvalue weighted by Crippen LogP contribution is 2.22. The van der Waals surface area contributed by atoms with Crippen molar-refractivity contribution in [1.29, 1.82) is 5.26 Å². The predicted molar refractivity (Wildman–Crippen MR) is 101 cm³/mol. The Bertz CT molecular complexity index is 754. The summed E-state index contributed by atoms with van der Waals surface area (Å²) in [5, 5.41) is 9.12. The number of benzene rings is 1. The lowest BCUT2D eigenvalue weighted by molar-refractivity contribution is -0.130. The molecule has 1 atom stereocenters. The van der Waals surface area contributed by atoms with E-state index in [9.17, 15) is 13.2 Å². The van der Waals surface area contributed by atoms with E-state index in [0.29, 0.717) is 30.0 Å². The minimum atomic E-state index is -3.02. The Balaban J connectivity index is 1.97. The second kappa shape index (κ2) is 8.72. The predicted octanol–water partition coefficient (Wildman–Crippen LogP) is 2.46. The van der Waals surface area contributed by atoms with Gasteiger partial charge in [0.15, 0.2) is 9.84 Å². The number of amides is 1. The second-order valence-corrected chi connectivity index (χ2v) is 9.97. The van der Waals surface area contributed by atoms with Crippen LogP contribution in [0.1, 0.15) is 31.4 Å². The van der Waals surface area contributed by atoms with Crippen LogP contribution in [0.15, 0.2) is 24.3 Å². The van der Waals surface area contributed by atoms with Gasteiger partial charge in [-0.05, 0) is 24.0 Å². The molecule has 7 heteroatoms. The summed E-state index contributed by atoms with van der Waals surface area (Å²) in [6.07, 6.45) is 0.530. The van der Waals surface area contributed by atoms with Crippen molar-refractivity contribution in [1.82, 2.24) is 4.90 Å². The fourth-order valence-corrected chi connectivity index (χ4v) is 5.60. The van der Waals surface area contributed by atoms with Crippen molar-refractivity contribution in [2.24, 2.45) is 5.92 Å². The number of carbonyl (C=O) groups is 1. The van der Waals surface area contributed by atoms with Crippen LogP contribution in [0.5, 0.6) is 0 Å². The molecule has 0 N–H and O–H groups in total. The molecule has 1 aromatic rings. The van der Waals surface area contributed by atoms with E-state index in [1.54, 1.807) is 11.0 Å². The highest BCUT2D eigenvalue weighted by Gasteiger charge is 2.34. The van der Waals surface area contributed by atoms with E-state index >= 15 is 0 Å². The lowest BCUT2D eigenvalue weighted by Crippen LogP contribution is -2.44. The molecular weight excluding hydrogens is 356 g/mol. The van der Waals surface area contributed by atoms with Gasteiger partial charge >= 0.3 is 0 Å². The van der Waals surface area contributed by atoms with Crippen molar-refractivity contribution in [3.05, 3.63) is 35.4 Å². The number of nitrogens with zero attached hydrogens (tertiary/aromatic N) is 2. The highest BCUT2D eigenvalue weighted by atomic mass is 32.2. The molecule has 0 bridgehead atoms. The Labute approximate surface area is 154 Å². The fraction of sp³-hybridized carbons (Fsp3) is 0.556. The van der Waals surface area contributed by atoms with Crippen molar-refractivity contribution >= 4 is 27.5 Å². The first-order chi connectivity index (χ1) is 11.8. The normalized spacial score (nSPS) is 18.9. The third-order valence-electron chi connectivity index (χ3n) is 4.15. The zero-order valence-electron chi connectivity index (χ0n) is 14.6. The SMILES string of the molecule is CC(C)CN(C(=O)CSCc1ccccc1C#N)[C@H]1CCS(=O)(=O)C1. The van der Waals surface area contributed by atoms with Gasteiger partial charge in [0.05, 0.1) is 28.9 Å². The van der Waals surface area contributed by atoms with Crippen LogP contribution in [0.25, 0.3) is 0 Å². The van der Waals surface area contributed by atoms with Crippen LogP contribution >= 0.6 is 11.8 Å². The van der Waals surface area contributed by atoms with Gasteiger partial charge in [-0.15, -0.1) is 11.8 Å². The van der Waals surface area contributed by atoms with Crippen molar-refractivity contribution in [2.75, 3.05) is 23.8 Å². The summed E-state index contributed by atoms with van der Waals surface area (Å²) in [5.41, 5.74) is 1.55. The first kappa shape index (κ1) is 19.8. The maximum absolute atomic E-state index is 12.7. The minimum Gasteiger partial charge on any atom is -0.338 e. The molecule has 1 aromatic carbocycles. The molecule has 0 radical (unpaired) electrons. The zero-order chi connectivity index (χ0) is 18.4. The number of hydrogen-bond acceptors (Lipinski definition) is 5. The van der Waals surface area contributed by atoms with Gasteiger partial charge in [-0.25, -0.2) is 8.42 Å². The molecule has 1 saturated heterocycles. The third kappa shape index (κ3) is 5.75. The van der Waals surface area contributed by atoms with Crippen LogP contribution in [0, 0.1) is 17.2 Å². The van der Waals surface area contributed by atoms with Crippen LogP contribution in [0.3, 0.4) is 0 Å². The van der Waals surface area contributed by atoms with Crippen molar-refractivity contribution < 1.29 is 13.2 Å². The summed E-state index contributed by atoms with van der Waals surface area (Å²) in [4.78, 5) is 14.4. The van der Waals surface area contributed by atoms with E-state index in [0.717, 1.165) is 5.56 Å². The summed E-state index contributed by atoms with van der Waals surface area (Å²) in [5.74, 6) is 1.40. The Morgan fingerprint density at radius 3 is 2.72 bits per heavy atom. The van der Waals surface area contributed by atoms with Crippen molar-refractivity contribution in [3.63, 3.8) is 0 Å². The quantitative estimate of drug-likeness (QED) is 0.726. The maximum Gasteiger partial charge on any atom is 0.232 e. The van der Waals surface area contributed by atoms with Gasteiger partial charge in [0, 0.05) is 18.3 Å². The van der Waals surface area contributed by atoms with E-state index in [4.69, 9.17) is 5.26 Å². The first-order valence-electron chi connectivity index (χ1n) is 8.38. The molecule has 5 nitrogen and oxygen atoms in total. The van der Waals surface area contributed by atoms with E-state index in [1.165, 1.54) is 11.8 Å². The number of sulfone groups is 1. The topological polar surface area (TPSA) is 78.2 Å². The molecule has 1 heterocycles. The fourth-order valence-electron chi connectivity index (χ4n) is 2.96. The standard InChI is InChI=1S/C18H24N2O3S2/c1-14(2)10-20(17-7-8-25(22,23)13-17)18(21)12-24-11-16-6-4-3-5-15(16)9-19/h3-6,14,17H,7-8,10-13H2,1-2H3/t17-/m0/s1. The Hall–Kier alpha value is -1.52. The molecular formula is C18H24N2O3S2. The molecule has 0 spiro atoms. The monoisotopic (exact) mass is 380 g/mol. The van der Waals surface area contributed by atoms with Gasteiger partial charge in [-0.2, -0.15) is 5.26 Å². The van der Waals surface area contributed by atoms with Crippen LogP contribution in [0.4, 0.5) is 0 Å². The van der Waals surface area contributed by atoms with Crippen LogP contribution < -0.4 is 0 Å². The van der Waals surface area contributed by atoms with E-state index < -0.39 is 9.84 Å². The maximum atomic E-state index is 12.7. The van der Waals surface area contributed by atoms with Gasteiger partial charge < -0.3 is 4.90 Å². The average Bonchev–Trinajstić information content (AvgIpc) is 2.92. The number of rotatable bonds is 7. The molecule has 0 unspecified atom stereocenters. The molecule has 1 aliphatic heterocycles. The van der Waals surface area contributed by atoms with Crippen LogP contribution in [0.2, 0.25) is 0 Å². The average molecular weight is 381 g/mol. The summed E-state index contributed by atoms with van der Waals surface area (Å²) < 4.78 is 23.5. The van der Waals surface area contributed by atoms with Crippen molar-refractivity contribution in [3.8, 4) is 6.07 Å². The Morgan fingerprint density at radius 1 is 1.40 bits per heavy atom. The Morgan fingerprint density at radius 2 is 2.12 bits per heavy atom. The number of thioether (sulfide) groups is 1. The summed E-state index contributed by atoms with van der Waals surface area (Å²) in [7, 11) is -3.02. The zero-order valence-corrected chi connectivity index (χ0v) is 16.3. The van der Waals surface area contributed by atoms with Crippen LogP contribution in [-0.4, -0.2) is 49.1 Å². The number of hydrogen-bond donors (Lipinski definition) is 0. The first-order valence-corrected chi connectivity index (χ1v) is 11.4. The summed E-state index contributed by atoms with van der Waals surface area (Å²) in [6, 6.07) is 9.33. The van der Waals surface area contributed by atoms with Gasteiger partial charge in [0.2, 0.25) is 5.91 Å². The van der Waals surface area contributed by atoms with Gasteiger partial charge in [-0.1, -0.05) is 32.0 Å². The van der Waals surface area contributed by atoms with E-state index in [2.05, 4.69) is 6.07 Å². The molecule has 1 amide bonds. The van der Waals surface area contributed by atoms with Crippen molar-refractivity contribution in [2.45, 2.75) is 32.1 Å². The van der Waals surface area contributed by atoms with Crippen LogP contribution in [-0.2, 0) is 20.4 Å².